The third-order valence-electron chi connectivity index (χ3n) is 3.42. The van der Waals surface area contributed by atoms with Gasteiger partial charge in [0.1, 0.15) is 28.4 Å². The van der Waals surface area contributed by atoms with E-state index in [1.807, 2.05) is 6.07 Å². The van der Waals surface area contributed by atoms with Gasteiger partial charge in [-0.1, -0.05) is 11.6 Å². The minimum absolute atomic E-state index is 0.260. The lowest BCUT2D eigenvalue weighted by molar-refractivity contribution is 0.608. The van der Waals surface area contributed by atoms with Crippen LogP contribution in [0.4, 0.5) is 21.7 Å². The Labute approximate surface area is 143 Å². The number of H-pyrrole nitrogens is 1. The molecule has 24 heavy (non-hydrogen) atoms. The SMILES string of the molecule is Cc1nc(Cl)cc(Nc2cc(CCc3cc(N)ccc3F)n[nH]2)n1. The number of hydrogen-bond acceptors (Lipinski definition) is 5. The van der Waals surface area contributed by atoms with E-state index in [1.54, 1.807) is 25.1 Å². The zero-order valence-corrected chi connectivity index (χ0v) is 13.7. The number of rotatable bonds is 5. The number of nitrogens with one attached hydrogen (secondary N) is 2. The maximum atomic E-state index is 13.7. The van der Waals surface area contributed by atoms with Gasteiger partial charge in [0, 0.05) is 17.8 Å². The molecular weight excluding hydrogens is 331 g/mol. The summed E-state index contributed by atoms with van der Waals surface area (Å²) in [4.78, 5) is 8.24. The maximum absolute atomic E-state index is 13.7. The molecule has 2 heterocycles. The predicted molar refractivity (Wildman–Crippen MR) is 91.9 cm³/mol. The van der Waals surface area contributed by atoms with Crippen LogP contribution >= 0.6 is 11.6 Å². The van der Waals surface area contributed by atoms with Gasteiger partial charge in [-0.05, 0) is 43.5 Å². The third-order valence-corrected chi connectivity index (χ3v) is 3.61. The lowest BCUT2D eigenvalue weighted by Gasteiger charge is -2.03. The van der Waals surface area contributed by atoms with E-state index in [0.717, 1.165) is 5.69 Å². The van der Waals surface area contributed by atoms with Crippen molar-refractivity contribution in [3.8, 4) is 0 Å². The molecule has 1 aromatic carbocycles. The Kier molecular flexibility index (Phi) is 4.61. The summed E-state index contributed by atoms with van der Waals surface area (Å²) >= 11 is 5.90. The molecule has 0 aliphatic carbocycles. The Morgan fingerprint density at radius 1 is 1.21 bits per heavy atom. The minimum atomic E-state index is -0.260. The Hall–Kier alpha value is -2.67. The fourth-order valence-corrected chi connectivity index (χ4v) is 2.56. The van der Waals surface area contributed by atoms with Crippen molar-refractivity contribution in [2.24, 2.45) is 0 Å². The second-order valence-corrected chi connectivity index (χ2v) is 5.76. The van der Waals surface area contributed by atoms with Crippen LogP contribution in [-0.2, 0) is 12.8 Å². The van der Waals surface area contributed by atoms with E-state index >= 15 is 0 Å². The van der Waals surface area contributed by atoms with Crippen molar-refractivity contribution < 1.29 is 4.39 Å². The van der Waals surface area contributed by atoms with Gasteiger partial charge in [-0.3, -0.25) is 5.10 Å². The number of halogens is 2. The summed E-state index contributed by atoms with van der Waals surface area (Å²) in [5.41, 5.74) is 7.61. The average Bonchev–Trinajstić information content (AvgIpc) is 2.94. The van der Waals surface area contributed by atoms with Crippen molar-refractivity contribution >= 4 is 28.9 Å². The molecule has 0 amide bonds. The maximum Gasteiger partial charge on any atom is 0.136 e. The van der Waals surface area contributed by atoms with Crippen molar-refractivity contribution in [1.29, 1.82) is 0 Å². The molecule has 4 N–H and O–H groups in total. The van der Waals surface area contributed by atoms with Crippen LogP contribution in [0.1, 0.15) is 17.1 Å². The molecule has 0 saturated carbocycles. The highest BCUT2D eigenvalue weighted by atomic mass is 35.5. The van der Waals surface area contributed by atoms with Crippen molar-refractivity contribution in [1.82, 2.24) is 20.2 Å². The van der Waals surface area contributed by atoms with Crippen LogP contribution in [0, 0.1) is 12.7 Å². The number of aromatic amines is 1. The van der Waals surface area contributed by atoms with E-state index < -0.39 is 0 Å². The quantitative estimate of drug-likeness (QED) is 0.486. The molecule has 0 fully saturated rings. The topological polar surface area (TPSA) is 92.5 Å². The van der Waals surface area contributed by atoms with Crippen molar-refractivity contribution in [3.63, 3.8) is 0 Å². The van der Waals surface area contributed by atoms with Crippen LogP contribution in [-0.4, -0.2) is 20.2 Å². The number of nitrogen functional groups attached to an aromatic ring is 1. The van der Waals surface area contributed by atoms with Crippen molar-refractivity contribution in [2.75, 3.05) is 11.1 Å². The van der Waals surface area contributed by atoms with E-state index in [4.69, 9.17) is 17.3 Å². The minimum Gasteiger partial charge on any atom is -0.399 e. The summed E-state index contributed by atoms with van der Waals surface area (Å²) in [5, 5.41) is 10.5. The first-order valence-corrected chi connectivity index (χ1v) is 7.74. The molecule has 0 aliphatic rings. The summed E-state index contributed by atoms with van der Waals surface area (Å²) < 4.78 is 13.7. The van der Waals surface area contributed by atoms with E-state index in [1.165, 1.54) is 6.07 Å². The number of nitrogens with zero attached hydrogens (tertiary/aromatic N) is 3. The van der Waals surface area contributed by atoms with Gasteiger partial charge in [-0.15, -0.1) is 0 Å². The number of aromatic nitrogens is 4. The Morgan fingerprint density at radius 3 is 2.83 bits per heavy atom. The number of aryl methyl sites for hydroxylation is 3. The number of anilines is 3. The standard InChI is InChI=1S/C16H16ClFN6/c1-9-20-14(17)8-15(21-9)22-16-7-12(23-24-16)4-2-10-6-11(19)3-5-13(10)18/h3,5-8H,2,4,19H2,1H3,(H2,20,21,22,23,24). The highest BCUT2D eigenvalue weighted by molar-refractivity contribution is 6.29. The molecule has 0 aliphatic heterocycles. The molecule has 0 spiro atoms. The molecular formula is C16H16ClFN6. The monoisotopic (exact) mass is 346 g/mol. The van der Waals surface area contributed by atoms with Crippen LogP contribution in [0.15, 0.2) is 30.3 Å². The van der Waals surface area contributed by atoms with Gasteiger partial charge in [0.15, 0.2) is 0 Å². The first kappa shape index (κ1) is 16.2. The Morgan fingerprint density at radius 2 is 2.04 bits per heavy atom. The number of hydrogen-bond donors (Lipinski definition) is 3. The summed E-state index contributed by atoms with van der Waals surface area (Å²) in [6.45, 7) is 1.76. The smallest absolute Gasteiger partial charge is 0.136 e. The largest absolute Gasteiger partial charge is 0.399 e. The highest BCUT2D eigenvalue weighted by Gasteiger charge is 2.07. The van der Waals surface area contributed by atoms with Crippen molar-refractivity contribution in [2.45, 2.75) is 19.8 Å². The summed E-state index contributed by atoms with van der Waals surface area (Å²) in [6.07, 6.45) is 1.10. The van der Waals surface area contributed by atoms with E-state index in [9.17, 15) is 4.39 Å². The first-order valence-electron chi connectivity index (χ1n) is 7.36. The molecule has 124 valence electrons. The van der Waals surface area contributed by atoms with Gasteiger partial charge in [0.2, 0.25) is 0 Å². The van der Waals surface area contributed by atoms with Crippen LogP contribution < -0.4 is 11.1 Å². The zero-order chi connectivity index (χ0) is 17.1. The fraction of sp³-hybridized carbons (Fsp3) is 0.188. The molecule has 8 heteroatoms. The number of benzene rings is 1. The molecule has 0 unspecified atom stereocenters. The Balaban J connectivity index is 1.66. The molecule has 6 nitrogen and oxygen atoms in total. The van der Waals surface area contributed by atoms with Crippen molar-refractivity contribution in [3.05, 3.63) is 58.4 Å². The molecule has 3 aromatic rings. The first-order chi connectivity index (χ1) is 11.5. The van der Waals surface area contributed by atoms with Gasteiger partial charge in [0.25, 0.3) is 0 Å². The molecule has 0 saturated heterocycles. The number of nitrogens with two attached hydrogens (primary N) is 1. The van der Waals surface area contributed by atoms with Gasteiger partial charge in [0.05, 0.1) is 5.69 Å². The lowest BCUT2D eigenvalue weighted by atomic mass is 10.1. The van der Waals surface area contributed by atoms with E-state index in [0.29, 0.717) is 46.7 Å². The van der Waals surface area contributed by atoms with Gasteiger partial charge >= 0.3 is 0 Å². The molecule has 2 aromatic heterocycles. The van der Waals surface area contributed by atoms with E-state index in [2.05, 4.69) is 25.5 Å². The summed E-state index contributed by atoms with van der Waals surface area (Å²) in [7, 11) is 0. The second kappa shape index (κ2) is 6.84. The molecule has 3 rings (SSSR count). The molecule has 0 radical (unpaired) electrons. The van der Waals surface area contributed by atoms with E-state index in [-0.39, 0.29) is 5.82 Å². The normalized spacial score (nSPS) is 10.8. The summed E-state index contributed by atoms with van der Waals surface area (Å²) in [5.74, 6) is 1.56. The average molecular weight is 347 g/mol. The molecule has 0 atom stereocenters. The summed E-state index contributed by atoms with van der Waals surface area (Å²) in [6, 6.07) is 8.03. The molecule has 0 bridgehead atoms. The van der Waals surface area contributed by atoms with Crippen LogP contribution in [0.2, 0.25) is 5.15 Å². The third kappa shape index (κ3) is 3.99. The van der Waals surface area contributed by atoms with Crippen LogP contribution in [0.5, 0.6) is 0 Å². The van der Waals surface area contributed by atoms with Gasteiger partial charge < -0.3 is 11.1 Å². The fourth-order valence-electron chi connectivity index (χ4n) is 2.34. The highest BCUT2D eigenvalue weighted by Crippen LogP contribution is 2.18. The second-order valence-electron chi connectivity index (χ2n) is 5.37. The van der Waals surface area contributed by atoms with Crippen LogP contribution in [0.25, 0.3) is 0 Å². The lowest BCUT2D eigenvalue weighted by Crippen LogP contribution is -1.97. The Bertz CT molecular complexity index is 843. The van der Waals surface area contributed by atoms with Gasteiger partial charge in [-0.2, -0.15) is 5.10 Å². The zero-order valence-electron chi connectivity index (χ0n) is 13.0. The van der Waals surface area contributed by atoms with Gasteiger partial charge in [-0.25, -0.2) is 14.4 Å². The predicted octanol–water partition coefficient (Wildman–Crippen LogP) is 3.41. The van der Waals surface area contributed by atoms with Crippen LogP contribution in [0.3, 0.4) is 0 Å².